The first kappa shape index (κ1) is 16.7. The smallest absolute Gasteiger partial charge is 0.412 e. The van der Waals surface area contributed by atoms with Gasteiger partial charge in [0.05, 0.1) is 0 Å². The third-order valence-corrected chi connectivity index (χ3v) is 3.25. The Labute approximate surface area is 116 Å². The Balaban J connectivity index is 0.00000200. The Kier molecular flexibility index (Phi) is 5.30. The van der Waals surface area contributed by atoms with Gasteiger partial charge in [0.25, 0.3) is 0 Å². The van der Waals surface area contributed by atoms with Gasteiger partial charge in [-0.05, 0) is 25.3 Å². The molecule has 20 heavy (non-hydrogen) atoms. The van der Waals surface area contributed by atoms with Crippen LogP contribution in [0.15, 0.2) is 16.9 Å². The molecule has 0 aliphatic carbocycles. The van der Waals surface area contributed by atoms with Gasteiger partial charge >= 0.3 is 10.4 Å². The van der Waals surface area contributed by atoms with E-state index in [9.17, 15) is 8.42 Å². The molecule has 0 bridgehead atoms. The Morgan fingerprint density at radius 2 is 1.95 bits per heavy atom. The average Bonchev–Trinajstić information content (AvgIpc) is 2.33. The summed E-state index contributed by atoms with van der Waals surface area (Å²) < 4.78 is 34.2. The first-order chi connectivity index (χ1) is 8.87. The van der Waals surface area contributed by atoms with Crippen molar-refractivity contribution in [2.24, 2.45) is 16.5 Å². The number of aliphatic imine (C=N–C) groups is 1. The van der Waals surface area contributed by atoms with E-state index in [2.05, 4.69) is 9.28 Å². The molecule has 0 radical (unpaired) electrons. The summed E-state index contributed by atoms with van der Waals surface area (Å²) in [7, 11) is -4.69. The summed E-state index contributed by atoms with van der Waals surface area (Å²) >= 11 is 0. The summed E-state index contributed by atoms with van der Waals surface area (Å²) in [6, 6.07) is 0. The second-order valence-corrected chi connectivity index (χ2v) is 5.37. The molecule has 2 heterocycles. The van der Waals surface area contributed by atoms with Crippen LogP contribution in [0.3, 0.4) is 0 Å². The molecule has 1 saturated heterocycles. The Bertz CT molecular complexity index is 499. The maximum absolute atomic E-state index is 10.7. The summed E-state index contributed by atoms with van der Waals surface area (Å²) in [5.41, 5.74) is 11.3. The largest absolute Gasteiger partial charge is 0.418 e. The lowest BCUT2D eigenvalue weighted by atomic mass is 10.1. The summed E-state index contributed by atoms with van der Waals surface area (Å²) in [4.78, 5) is 6.08. The molecule has 1 unspecified atom stereocenters. The summed E-state index contributed by atoms with van der Waals surface area (Å²) in [6.07, 6.45) is 3.90. The zero-order valence-corrected chi connectivity index (χ0v) is 11.6. The fourth-order valence-corrected chi connectivity index (χ4v) is 2.44. The average molecular weight is 309 g/mol. The van der Waals surface area contributed by atoms with Gasteiger partial charge in [-0.1, -0.05) is 0 Å². The van der Waals surface area contributed by atoms with Gasteiger partial charge in [0.15, 0.2) is 0 Å². The van der Waals surface area contributed by atoms with E-state index in [-0.39, 0.29) is 11.4 Å². The highest BCUT2D eigenvalue weighted by atomic mass is 32.3. The number of piperidine rings is 1. The number of guanidine groups is 1. The minimum atomic E-state index is -4.69. The first-order valence-corrected chi connectivity index (χ1v) is 7.26. The predicted molar refractivity (Wildman–Crippen MR) is 71.2 cm³/mol. The minimum Gasteiger partial charge on any atom is -0.412 e. The highest BCUT2D eigenvalue weighted by molar-refractivity contribution is 7.80. The van der Waals surface area contributed by atoms with Gasteiger partial charge in [-0.3, -0.25) is 4.55 Å². The predicted octanol–water partition coefficient (Wildman–Crippen LogP) is -1.86. The second kappa shape index (κ2) is 6.37. The van der Waals surface area contributed by atoms with Crippen LogP contribution in [0.1, 0.15) is 19.3 Å². The highest BCUT2D eigenvalue weighted by Crippen LogP contribution is 2.19. The van der Waals surface area contributed by atoms with E-state index in [1.165, 1.54) is 12.5 Å². The summed E-state index contributed by atoms with van der Waals surface area (Å²) in [6.45, 7) is 1.71. The highest BCUT2D eigenvalue weighted by Gasteiger charge is 2.28. The van der Waals surface area contributed by atoms with E-state index in [0.29, 0.717) is 10.9 Å². The standard InChI is InChI=1S/C9H17N5O4S.H2O/c10-7-6-8(13-4-2-1-3-5-13)12-9(11)14(7)18-19(15,16)17;/h6-7H,1-5,10H2,(H2,11,12)(H,15,16,17);1H2. The Morgan fingerprint density at radius 3 is 2.45 bits per heavy atom. The fourth-order valence-electron chi connectivity index (χ4n) is 2.07. The van der Waals surface area contributed by atoms with Gasteiger partial charge in [0, 0.05) is 13.1 Å². The number of hydroxylamine groups is 2. The van der Waals surface area contributed by atoms with Crippen LogP contribution in [0.25, 0.3) is 0 Å². The monoisotopic (exact) mass is 309 g/mol. The van der Waals surface area contributed by atoms with Crippen LogP contribution in [-0.2, 0) is 14.7 Å². The molecule has 116 valence electrons. The molecule has 2 rings (SSSR count). The van der Waals surface area contributed by atoms with Crippen molar-refractivity contribution in [1.29, 1.82) is 0 Å². The molecule has 2 aliphatic heterocycles. The van der Waals surface area contributed by atoms with Gasteiger partial charge in [-0.2, -0.15) is 18.5 Å². The molecule has 0 amide bonds. The van der Waals surface area contributed by atoms with E-state index < -0.39 is 16.6 Å². The SMILES string of the molecule is NC1=NC(N2CCCCC2)=CC(N)N1OS(=O)(=O)O.O. The molecule has 10 nitrogen and oxygen atoms in total. The summed E-state index contributed by atoms with van der Waals surface area (Å²) in [5, 5.41) is 0.642. The van der Waals surface area contributed by atoms with E-state index in [4.69, 9.17) is 16.0 Å². The van der Waals surface area contributed by atoms with Gasteiger partial charge in [-0.25, -0.2) is 0 Å². The quantitative estimate of drug-likeness (QED) is 0.510. The summed E-state index contributed by atoms with van der Waals surface area (Å²) in [5.74, 6) is 0.382. The van der Waals surface area contributed by atoms with Gasteiger partial charge in [-0.15, -0.1) is 4.28 Å². The molecule has 1 fully saturated rings. The fraction of sp³-hybridized carbons (Fsp3) is 0.667. The first-order valence-electron chi connectivity index (χ1n) is 5.89. The maximum Gasteiger partial charge on any atom is 0.418 e. The van der Waals surface area contributed by atoms with Crippen molar-refractivity contribution >= 4 is 16.4 Å². The van der Waals surface area contributed by atoms with E-state index in [1.54, 1.807) is 0 Å². The van der Waals surface area contributed by atoms with Gasteiger partial charge in [0.2, 0.25) is 5.96 Å². The lowest BCUT2D eigenvalue weighted by molar-refractivity contribution is -0.0133. The van der Waals surface area contributed by atoms with Crippen molar-refractivity contribution in [1.82, 2.24) is 9.96 Å². The van der Waals surface area contributed by atoms with Crippen molar-refractivity contribution in [2.75, 3.05) is 13.1 Å². The number of nitrogens with two attached hydrogens (primary N) is 2. The van der Waals surface area contributed by atoms with Crippen molar-refractivity contribution in [3.05, 3.63) is 11.9 Å². The minimum absolute atomic E-state index is 0. The van der Waals surface area contributed by atoms with E-state index >= 15 is 0 Å². The molecule has 0 saturated carbocycles. The van der Waals surface area contributed by atoms with Crippen LogP contribution in [0.4, 0.5) is 0 Å². The molecule has 11 heteroatoms. The maximum atomic E-state index is 10.7. The zero-order chi connectivity index (χ0) is 14.0. The lowest BCUT2D eigenvalue weighted by Crippen LogP contribution is -2.52. The third-order valence-electron chi connectivity index (χ3n) is 2.90. The molecule has 0 aromatic carbocycles. The third kappa shape index (κ3) is 4.05. The van der Waals surface area contributed by atoms with Gasteiger partial charge in [0.1, 0.15) is 12.0 Å². The molecule has 0 aromatic rings. The van der Waals surface area contributed by atoms with Crippen molar-refractivity contribution < 1.29 is 22.7 Å². The van der Waals surface area contributed by atoms with Crippen LogP contribution in [0.2, 0.25) is 0 Å². The van der Waals surface area contributed by atoms with Crippen LogP contribution in [-0.4, -0.2) is 53.6 Å². The van der Waals surface area contributed by atoms with Crippen LogP contribution < -0.4 is 11.5 Å². The van der Waals surface area contributed by atoms with Crippen molar-refractivity contribution in [3.8, 4) is 0 Å². The van der Waals surface area contributed by atoms with Crippen molar-refractivity contribution in [2.45, 2.75) is 25.4 Å². The van der Waals surface area contributed by atoms with Crippen LogP contribution in [0, 0.1) is 0 Å². The molecular weight excluding hydrogens is 290 g/mol. The second-order valence-electron chi connectivity index (χ2n) is 4.36. The number of likely N-dealkylation sites (tertiary alicyclic amines) is 1. The number of rotatable bonds is 3. The number of nitrogens with zero attached hydrogens (tertiary/aromatic N) is 3. The molecule has 0 spiro atoms. The van der Waals surface area contributed by atoms with E-state index in [0.717, 1.165) is 25.9 Å². The molecule has 1 atom stereocenters. The topological polar surface area (TPSA) is 166 Å². The Morgan fingerprint density at radius 1 is 1.35 bits per heavy atom. The van der Waals surface area contributed by atoms with Gasteiger partial charge < -0.3 is 21.8 Å². The van der Waals surface area contributed by atoms with Crippen LogP contribution in [0.5, 0.6) is 0 Å². The zero-order valence-electron chi connectivity index (χ0n) is 10.8. The number of hydrogen-bond acceptors (Lipinski definition) is 8. The molecule has 2 aliphatic rings. The molecule has 0 aromatic heterocycles. The normalized spacial score (nSPS) is 23.8. The Hall–Kier alpha value is -1.40. The van der Waals surface area contributed by atoms with E-state index in [1.807, 2.05) is 4.90 Å². The van der Waals surface area contributed by atoms with Crippen molar-refractivity contribution in [3.63, 3.8) is 0 Å². The molecular formula is C9H19N5O5S. The van der Waals surface area contributed by atoms with Crippen LogP contribution >= 0.6 is 0 Å². The number of hydrogen-bond donors (Lipinski definition) is 3. The lowest BCUT2D eigenvalue weighted by Gasteiger charge is -2.34. The molecule has 7 N–H and O–H groups in total.